The first-order valence-electron chi connectivity index (χ1n) is 7.94. The topological polar surface area (TPSA) is 46.0 Å². The summed E-state index contributed by atoms with van der Waals surface area (Å²) < 4.78 is 2.31. The standard InChI is InChI=1S/C15H27N5/c1-10-9-19(4)11(2)8-13(10)16-12(3)15-18-17-14-6-5-7-20(14)15/h10-13,16H,5-9H2,1-4H3. The van der Waals surface area contributed by atoms with Crippen LogP contribution in [0.4, 0.5) is 0 Å². The van der Waals surface area contributed by atoms with Crippen LogP contribution < -0.4 is 5.32 Å². The van der Waals surface area contributed by atoms with Crippen LogP contribution in [-0.4, -0.2) is 45.3 Å². The van der Waals surface area contributed by atoms with Crippen LogP contribution in [0.2, 0.25) is 0 Å². The molecule has 5 heteroatoms. The highest BCUT2D eigenvalue weighted by Crippen LogP contribution is 2.25. The van der Waals surface area contributed by atoms with Gasteiger partial charge in [0, 0.05) is 31.6 Å². The first-order chi connectivity index (χ1) is 9.56. The molecule has 4 unspecified atom stereocenters. The van der Waals surface area contributed by atoms with Gasteiger partial charge in [-0.2, -0.15) is 0 Å². The summed E-state index contributed by atoms with van der Waals surface area (Å²) in [7, 11) is 2.23. The van der Waals surface area contributed by atoms with Crippen molar-refractivity contribution < 1.29 is 0 Å². The third kappa shape index (κ3) is 2.49. The first kappa shape index (κ1) is 14.0. The molecule has 1 N–H and O–H groups in total. The van der Waals surface area contributed by atoms with Gasteiger partial charge in [-0.15, -0.1) is 10.2 Å². The molecule has 0 aromatic carbocycles. The molecule has 3 rings (SSSR count). The molecule has 0 amide bonds. The van der Waals surface area contributed by atoms with E-state index in [1.54, 1.807) is 0 Å². The number of hydrogen-bond donors (Lipinski definition) is 1. The zero-order valence-corrected chi connectivity index (χ0v) is 13.1. The second-order valence-corrected chi connectivity index (χ2v) is 6.73. The third-order valence-electron chi connectivity index (χ3n) is 5.10. The van der Waals surface area contributed by atoms with Crippen LogP contribution in [0.5, 0.6) is 0 Å². The van der Waals surface area contributed by atoms with Crippen molar-refractivity contribution in [2.45, 2.75) is 64.7 Å². The molecule has 0 spiro atoms. The Morgan fingerprint density at radius 2 is 2.10 bits per heavy atom. The van der Waals surface area contributed by atoms with Gasteiger partial charge in [0.2, 0.25) is 0 Å². The van der Waals surface area contributed by atoms with Crippen LogP contribution in [0.3, 0.4) is 0 Å². The van der Waals surface area contributed by atoms with E-state index in [-0.39, 0.29) is 6.04 Å². The van der Waals surface area contributed by atoms with Crippen molar-refractivity contribution >= 4 is 0 Å². The Labute approximate surface area is 121 Å². The highest BCUT2D eigenvalue weighted by molar-refractivity contribution is 5.05. The highest BCUT2D eigenvalue weighted by atomic mass is 15.3. The van der Waals surface area contributed by atoms with E-state index in [9.17, 15) is 0 Å². The molecule has 20 heavy (non-hydrogen) atoms. The van der Waals surface area contributed by atoms with Crippen LogP contribution in [0.25, 0.3) is 0 Å². The molecule has 112 valence electrons. The van der Waals surface area contributed by atoms with Gasteiger partial charge in [0.1, 0.15) is 11.6 Å². The SMILES string of the molecule is CC(NC1CC(C)N(C)CC1C)c1nnc2n1CCC2. The van der Waals surface area contributed by atoms with Crippen molar-refractivity contribution in [3.63, 3.8) is 0 Å². The Kier molecular flexibility index (Phi) is 3.82. The molecule has 4 atom stereocenters. The molecule has 3 heterocycles. The summed E-state index contributed by atoms with van der Waals surface area (Å²) in [4.78, 5) is 2.46. The maximum atomic E-state index is 4.40. The number of aryl methyl sites for hydroxylation is 1. The average Bonchev–Trinajstić information content (AvgIpc) is 2.97. The zero-order chi connectivity index (χ0) is 14.3. The Morgan fingerprint density at radius 3 is 2.90 bits per heavy atom. The average molecular weight is 277 g/mol. The van der Waals surface area contributed by atoms with Crippen LogP contribution in [0.15, 0.2) is 0 Å². The van der Waals surface area contributed by atoms with Gasteiger partial charge in [-0.25, -0.2) is 0 Å². The number of nitrogens with one attached hydrogen (secondary N) is 1. The lowest BCUT2D eigenvalue weighted by atomic mass is 9.89. The van der Waals surface area contributed by atoms with Gasteiger partial charge in [-0.3, -0.25) is 0 Å². The Morgan fingerprint density at radius 1 is 1.30 bits per heavy atom. The van der Waals surface area contributed by atoms with E-state index in [0.717, 1.165) is 18.8 Å². The fraction of sp³-hybridized carbons (Fsp3) is 0.867. The molecule has 5 nitrogen and oxygen atoms in total. The van der Waals surface area contributed by atoms with Crippen molar-refractivity contribution in [3.05, 3.63) is 11.6 Å². The molecular formula is C15H27N5. The molecule has 1 aromatic heterocycles. The van der Waals surface area contributed by atoms with E-state index in [1.165, 1.54) is 25.2 Å². The summed E-state index contributed by atoms with van der Waals surface area (Å²) in [5.74, 6) is 2.97. The third-order valence-corrected chi connectivity index (χ3v) is 5.10. The molecule has 1 saturated heterocycles. The summed E-state index contributed by atoms with van der Waals surface area (Å²) in [6.07, 6.45) is 3.51. The maximum Gasteiger partial charge on any atom is 0.149 e. The predicted octanol–water partition coefficient (Wildman–Crippen LogP) is 1.60. The smallest absolute Gasteiger partial charge is 0.149 e. The van der Waals surface area contributed by atoms with Crippen LogP contribution in [0.1, 0.15) is 51.3 Å². The number of rotatable bonds is 3. The lowest BCUT2D eigenvalue weighted by Gasteiger charge is -2.41. The van der Waals surface area contributed by atoms with Crippen molar-refractivity contribution in [3.8, 4) is 0 Å². The maximum absolute atomic E-state index is 4.40. The Balaban J connectivity index is 1.68. The largest absolute Gasteiger partial charge is 0.314 e. The predicted molar refractivity (Wildman–Crippen MR) is 79.6 cm³/mol. The second kappa shape index (κ2) is 5.45. The number of hydrogen-bond acceptors (Lipinski definition) is 4. The zero-order valence-electron chi connectivity index (χ0n) is 13.1. The Hall–Kier alpha value is -0.940. The van der Waals surface area contributed by atoms with Gasteiger partial charge in [0.05, 0.1) is 6.04 Å². The van der Waals surface area contributed by atoms with Gasteiger partial charge in [0.15, 0.2) is 0 Å². The van der Waals surface area contributed by atoms with Crippen LogP contribution in [0, 0.1) is 5.92 Å². The fourth-order valence-electron chi connectivity index (χ4n) is 3.66. The minimum absolute atomic E-state index is 0.289. The summed E-state index contributed by atoms with van der Waals surface area (Å²) in [6, 6.07) is 1.52. The van der Waals surface area contributed by atoms with Crippen molar-refractivity contribution in [2.75, 3.05) is 13.6 Å². The van der Waals surface area contributed by atoms with Crippen molar-refractivity contribution in [1.82, 2.24) is 25.0 Å². The van der Waals surface area contributed by atoms with Gasteiger partial charge in [-0.05, 0) is 39.7 Å². The summed E-state index contributed by atoms with van der Waals surface area (Å²) in [5, 5.41) is 12.5. The second-order valence-electron chi connectivity index (χ2n) is 6.73. The molecule has 2 aliphatic rings. The number of piperidine rings is 1. The van der Waals surface area contributed by atoms with Crippen molar-refractivity contribution in [2.24, 2.45) is 5.92 Å². The molecule has 0 aliphatic carbocycles. The van der Waals surface area contributed by atoms with Crippen LogP contribution in [-0.2, 0) is 13.0 Å². The van der Waals surface area contributed by atoms with E-state index in [4.69, 9.17) is 0 Å². The van der Waals surface area contributed by atoms with Gasteiger partial charge in [-0.1, -0.05) is 6.92 Å². The molecular weight excluding hydrogens is 250 g/mol. The van der Waals surface area contributed by atoms with E-state index in [0.29, 0.717) is 18.0 Å². The van der Waals surface area contributed by atoms with Crippen LogP contribution >= 0.6 is 0 Å². The monoisotopic (exact) mass is 277 g/mol. The summed E-state index contributed by atoms with van der Waals surface area (Å²) in [6.45, 7) is 9.15. The first-order valence-corrected chi connectivity index (χ1v) is 7.94. The van der Waals surface area contributed by atoms with Gasteiger partial charge >= 0.3 is 0 Å². The lowest BCUT2D eigenvalue weighted by Crippen LogP contribution is -2.51. The lowest BCUT2D eigenvalue weighted by molar-refractivity contribution is 0.116. The summed E-state index contributed by atoms with van der Waals surface area (Å²) in [5.41, 5.74) is 0. The molecule has 0 radical (unpaired) electrons. The van der Waals surface area contributed by atoms with Crippen molar-refractivity contribution in [1.29, 1.82) is 0 Å². The van der Waals surface area contributed by atoms with Gasteiger partial charge < -0.3 is 14.8 Å². The molecule has 1 fully saturated rings. The highest BCUT2D eigenvalue weighted by Gasteiger charge is 2.31. The number of nitrogens with zero attached hydrogens (tertiary/aromatic N) is 4. The Bertz CT molecular complexity index is 469. The molecule has 1 aromatic rings. The fourth-order valence-corrected chi connectivity index (χ4v) is 3.66. The van der Waals surface area contributed by atoms with Gasteiger partial charge in [0.25, 0.3) is 0 Å². The molecule has 0 bridgehead atoms. The van der Waals surface area contributed by atoms with E-state index in [1.807, 2.05) is 0 Å². The molecule has 0 saturated carbocycles. The quantitative estimate of drug-likeness (QED) is 0.911. The van der Waals surface area contributed by atoms with E-state index < -0.39 is 0 Å². The normalized spacial score (nSPS) is 32.3. The summed E-state index contributed by atoms with van der Waals surface area (Å²) >= 11 is 0. The minimum atomic E-state index is 0.289. The van der Waals surface area contributed by atoms with E-state index >= 15 is 0 Å². The van der Waals surface area contributed by atoms with E-state index in [2.05, 4.69) is 52.8 Å². The number of aromatic nitrogens is 3. The number of fused-ring (bicyclic) bond motifs is 1. The number of likely N-dealkylation sites (tertiary alicyclic amines) is 1. The molecule has 2 aliphatic heterocycles. The minimum Gasteiger partial charge on any atom is -0.314 e.